The zero-order chi connectivity index (χ0) is 11.7. The second kappa shape index (κ2) is 9.02. The summed E-state index contributed by atoms with van der Waals surface area (Å²) in [6.45, 7) is 6.71. The average Bonchev–Trinajstić information content (AvgIpc) is 2.27. The molecule has 0 heterocycles. The molecule has 0 radical (unpaired) electrons. The van der Waals surface area contributed by atoms with Gasteiger partial charge in [-0.3, -0.25) is 4.79 Å². The second-order valence-electron chi connectivity index (χ2n) is 3.92. The van der Waals surface area contributed by atoms with Gasteiger partial charge in [0.1, 0.15) is 5.38 Å². The van der Waals surface area contributed by atoms with Crippen LogP contribution in [0.15, 0.2) is 0 Å². The third-order valence-electron chi connectivity index (χ3n) is 2.62. The smallest absolute Gasteiger partial charge is 0.324 e. The van der Waals surface area contributed by atoms with E-state index in [9.17, 15) is 4.79 Å². The van der Waals surface area contributed by atoms with Crippen LogP contribution in [0.5, 0.6) is 0 Å². The van der Waals surface area contributed by atoms with Crippen LogP contribution in [-0.4, -0.2) is 18.0 Å². The van der Waals surface area contributed by atoms with Crippen LogP contribution in [-0.2, 0) is 9.53 Å². The number of alkyl halides is 1. The SMILES string of the molecule is CCCCC(CC)COC(=O)C(Cl)CC. The summed E-state index contributed by atoms with van der Waals surface area (Å²) in [5.41, 5.74) is 0. The fourth-order valence-corrected chi connectivity index (χ4v) is 1.42. The van der Waals surface area contributed by atoms with Gasteiger partial charge in [0.05, 0.1) is 6.61 Å². The van der Waals surface area contributed by atoms with Gasteiger partial charge in [-0.25, -0.2) is 0 Å². The Labute approximate surface area is 98.3 Å². The first-order valence-corrected chi connectivity index (χ1v) is 6.39. The van der Waals surface area contributed by atoms with E-state index >= 15 is 0 Å². The predicted octanol–water partition coefficient (Wildman–Crippen LogP) is 3.76. The molecular formula is C12H23ClO2. The molecule has 15 heavy (non-hydrogen) atoms. The number of hydrogen-bond acceptors (Lipinski definition) is 2. The summed E-state index contributed by atoms with van der Waals surface area (Å²) in [6.07, 6.45) is 5.23. The van der Waals surface area contributed by atoms with Gasteiger partial charge in [-0.2, -0.15) is 0 Å². The molecule has 2 atom stereocenters. The monoisotopic (exact) mass is 234 g/mol. The summed E-state index contributed by atoms with van der Waals surface area (Å²) in [4.78, 5) is 11.3. The fourth-order valence-electron chi connectivity index (χ4n) is 1.36. The minimum absolute atomic E-state index is 0.269. The van der Waals surface area contributed by atoms with Crippen LogP contribution in [0.3, 0.4) is 0 Å². The molecule has 0 amide bonds. The normalized spacial score (nSPS) is 14.7. The van der Waals surface area contributed by atoms with Crippen molar-refractivity contribution >= 4 is 17.6 Å². The van der Waals surface area contributed by atoms with Gasteiger partial charge in [-0.05, 0) is 18.8 Å². The highest BCUT2D eigenvalue weighted by Crippen LogP contribution is 2.14. The molecule has 0 rings (SSSR count). The number of esters is 1. The molecule has 0 aromatic heterocycles. The van der Waals surface area contributed by atoms with E-state index in [-0.39, 0.29) is 5.97 Å². The van der Waals surface area contributed by atoms with Crippen molar-refractivity contribution < 1.29 is 9.53 Å². The molecule has 0 saturated heterocycles. The lowest BCUT2D eigenvalue weighted by Gasteiger charge is -2.15. The number of rotatable bonds is 8. The van der Waals surface area contributed by atoms with E-state index in [2.05, 4.69) is 13.8 Å². The number of unbranched alkanes of at least 4 members (excludes halogenated alkanes) is 1. The second-order valence-corrected chi connectivity index (χ2v) is 4.45. The number of ether oxygens (including phenoxy) is 1. The van der Waals surface area contributed by atoms with E-state index in [0.717, 1.165) is 12.8 Å². The van der Waals surface area contributed by atoms with Gasteiger partial charge in [0, 0.05) is 0 Å². The Hall–Kier alpha value is -0.240. The minimum Gasteiger partial charge on any atom is -0.464 e. The molecule has 0 aromatic carbocycles. The predicted molar refractivity (Wildman–Crippen MR) is 64.2 cm³/mol. The molecule has 2 unspecified atom stereocenters. The molecule has 0 N–H and O–H groups in total. The first kappa shape index (κ1) is 14.8. The van der Waals surface area contributed by atoms with Crippen LogP contribution >= 0.6 is 11.6 Å². The molecule has 0 aromatic rings. The highest BCUT2D eigenvalue weighted by molar-refractivity contribution is 6.29. The summed E-state index contributed by atoms with van der Waals surface area (Å²) in [7, 11) is 0. The Kier molecular flexibility index (Phi) is 8.88. The van der Waals surface area contributed by atoms with Crippen LogP contribution in [0.4, 0.5) is 0 Å². The van der Waals surface area contributed by atoms with Gasteiger partial charge >= 0.3 is 5.97 Å². The van der Waals surface area contributed by atoms with Gasteiger partial charge < -0.3 is 4.74 Å². The van der Waals surface area contributed by atoms with Crippen molar-refractivity contribution in [3.63, 3.8) is 0 Å². The van der Waals surface area contributed by atoms with Crippen molar-refractivity contribution in [3.8, 4) is 0 Å². The number of hydrogen-bond donors (Lipinski definition) is 0. The maximum atomic E-state index is 11.3. The van der Waals surface area contributed by atoms with Crippen molar-refractivity contribution in [2.45, 2.75) is 58.3 Å². The maximum absolute atomic E-state index is 11.3. The number of carbonyl (C=O) groups excluding carboxylic acids is 1. The third-order valence-corrected chi connectivity index (χ3v) is 3.11. The third kappa shape index (κ3) is 6.77. The zero-order valence-corrected chi connectivity index (χ0v) is 10.8. The van der Waals surface area contributed by atoms with Gasteiger partial charge in [-0.1, -0.05) is 40.0 Å². The summed E-state index contributed by atoms with van der Waals surface area (Å²) in [5, 5.41) is -0.478. The highest BCUT2D eigenvalue weighted by Gasteiger charge is 2.16. The van der Waals surface area contributed by atoms with Crippen molar-refractivity contribution in [1.82, 2.24) is 0 Å². The fraction of sp³-hybridized carbons (Fsp3) is 0.917. The summed E-state index contributed by atoms with van der Waals surface area (Å²) < 4.78 is 5.17. The molecule has 0 aliphatic heterocycles. The lowest BCUT2D eigenvalue weighted by molar-refractivity contribution is -0.144. The molecule has 0 saturated carbocycles. The Balaban J connectivity index is 3.74. The Bertz CT molecular complexity index is 171. The summed E-state index contributed by atoms with van der Waals surface area (Å²) in [6, 6.07) is 0. The average molecular weight is 235 g/mol. The van der Waals surface area contributed by atoms with E-state index < -0.39 is 5.38 Å². The van der Waals surface area contributed by atoms with Crippen molar-refractivity contribution in [3.05, 3.63) is 0 Å². The zero-order valence-electron chi connectivity index (χ0n) is 10.1. The topological polar surface area (TPSA) is 26.3 Å². The Morgan fingerprint density at radius 1 is 1.27 bits per heavy atom. The standard InChI is InChI=1S/C12H23ClO2/c1-4-7-8-10(5-2)9-15-12(14)11(13)6-3/h10-11H,4-9H2,1-3H3. The molecule has 90 valence electrons. The summed E-state index contributed by atoms with van der Waals surface area (Å²) >= 11 is 5.77. The number of halogens is 1. The maximum Gasteiger partial charge on any atom is 0.324 e. The molecular weight excluding hydrogens is 212 g/mol. The van der Waals surface area contributed by atoms with Gasteiger partial charge in [0.2, 0.25) is 0 Å². The van der Waals surface area contributed by atoms with Crippen LogP contribution in [0, 0.1) is 5.92 Å². The van der Waals surface area contributed by atoms with Crippen LogP contribution in [0.1, 0.15) is 52.9 Å². The van der Waals surface area contributed by atoms with E-state index in [4.69, 9.17) is 16.3 Å². The molecule has 0 aliphatic carbocycles. The van der Waals surface area contributed by atoms with Crippen LogP contribution < -0.4 is 0 Å². The largest absolute Gasteiger partial charge is 0.464 e. The lowest BCUT2D eigenvalue weighted by atomic mass is 10.0. The van der Waals surface area contributed by atoms with Crippen LogP contribution in [0.2, 0.25) is 0 Å². The van der Waals surface area contributed by atoms with Gasteiger partial charge in [0.15, 0.2) is 0 Å². The van der Waals surface area contributed by atoms with Crippen molar-refractivity contribution in [2.75, 3.05) is 6.61 Å². The Morgan fingerprint density at radius 2 is 1.93 bits per heavy atom. The summed E-state index contributed by atoms with van der Waals surface area (Å²) in [5.74, 6) is 0.226. The first-order chi connectivity index (χ1) is 7.15. The van der Waals surface area contributed by atoms with E-state index in [1.54, 1.807) is 0 Å². The molecule has 0 bridgehead atoms. The quantitative estimate of drug-likeness (QED) is 0.472. The molecule has 0 aliphatic rings. The van der Waals surface area contributed by atoms with E-state index in [1.807, 2.05) is 6.92 Å². The van der Waals surface area contributed by atoms with E-state index in [1.165, 1.54) is 12.8 Å². The lowest BCUT2D eigenvalue weighted by Crippen LogP contribution is -2.20. The van der Waals surface area contributed by atoms with E-state index in [0.29, 0.717) is 18.9 Å². The van der Waals surface area contributed by atoms with Crippen molar-refractivity contribution in [2.24, 2.45) is 5.92 Å². The van der Waals surface area contributed by atoms with Gasteiger partial charge in [-0.15, -0.1) is 11.6 Å². The van der Waals surface area contributed by atoms with Crippen LogP contribution in [0.25, 0.3) is 0 Å². The first-order valence-electron chi connectivity index (χ1n) is 5.96. The van der Waals surface area contributed by atoms with Crippen molar-refractivity contribution in [1.29, 1.82) is 0 Å². The molecule has 0 spiro atoms. The van der Waals surface area contributed by atoms with Gasteiger partial charge in [0.25, 0.3) is 0 Å². The molecule has 2 nitrogen and oxygen atoms in total. The molecule has 0 fully saturated rings. The molecule has 3 heteroatoms. The Morgan fingerprint density at radius 3 is 2.40 bits per heavy atom. The number of carbonyl (C=O) groups is 1. The highest BCUT2D eigenvalue weighted by atomic mass is 35.5. The minimum atomic E-state index is -0.478.